The lowest BCUT2D eigenvalue weighted by Gasteiger charge is -2.34. The molecule has 2 aliphatic rings. The van der Waals surface area contributed by atoms with Crippen molar-refractivity contribution in [2.24, 2.45) is 11.8 Å². The normalized spacial score (nSPS) is 24.3. The number of nitrogens with one attached hydrogen (secondary N) is 1. The van der Waals surface area contributed by atoms with E-state index in [2.05, 4.69) is 12.2 Å². The van der Waals surface area contributed by atoms with Crippen molar-refractivity contribution in [1.82, 2.24) is 9.80 Å². The van der Waals surface area contributed by atoms with Gasteiger partial charge in [-0.05, 0) is 30.5 Å². The van der Waals surface area contributed by atoms with Crippen LogP contribution in [0, 0.1) is 17.7 Å². The third-order valence-electron chi connectivity index (χ3n) is 4.59. The summed E-state index contributed by atoms with van der Waals surface area (Å²) in [7, 11) is 0. The van der Waals surface area contributed by atoms with E-state index >= 15 is 0 Å². The van der Waals surface area contributed by atoms with Gasteiger partial charge in [0.25, 0.3) is 0 Å². The molecule has 1 saturated heterocycles. The quantitative estimate of drug-likeness (QED) is 0.916. The number of amides is 2. The zero-order valence-electron chi connectivity index (χ0n) is 13.3. The van der Waals surface area contributed by atoms with Crippen molar-refractivity contribution in [2.45, 2.75) is 13.3 Å². The molecular weight excluding hydrogens is 297 g/mol. The van der Waals surface area contributed by atoms with Crippen molar-refractivity contribution in [1.29, 1.82) is 0 Å². The Morgan fingerprint density at radius 3 is 2.57 bits per heavy atom. The summed E-state index contributed by atoms with van der Waals surface area (Å²) < 4.78 is 13.1. The van der Waals surface area contributed by atoms with Gasteiger partial charge in [-0.1, -0.05) is 13.0 Å². The second-order valence-corrected chi connectivity index (χ2v) is 6.48. The van der Waals surface area contributed by atoms with Gasteiger partial charge in [-0.15, -0.1) is 0 Å². The van der Waals surface area contributed by atoms with Crippen molar-refractivity contribution < 1.29 is 14.0 Å². The first-order chi connectivity index (χ1) is 11.0. The van der Waals surface area contributed by atoms with Crippen LogP contribution < -0.4 is 5.32 Å². The van der Waals surface area contributed by atoms with Crippen LogP contribution in [0.15, 0.2) is 24.3 Å². The number of halogens is 1. The van der Waals surface area contributed by atoms with Gasteiger partial charge in [0.2, 0.25) is 11.8 Å². The van der Waals surface area contributed by atoms with E-state index in [1.807, 2.05) is 9.80 Å². The summed E-state index contributed by atoms with van der Waals surface area (Å²) in [5.41, 5.74) is 0.464. The predicted octanol–water partition coefficient (Wildman–Crippen LogP) is 1.56. The first-order valence-corrected chi connectivity index (χ1v) is 8.09. The minimum atomic E-state index is -0.371. The molecule has 1 N–H and O–H groups in total. The minimum absolute atomic E-state index is 0.161. The standard InChI is InChI=1S/C17H22FN3O2/c1-12-9-15(12)17(23)21-7-5-20(6-8-21)11-16(22)19-14-4-2-3-13(18)10-14/h2-4,10,12,15H,5-9,11H2,1H3,(H,19,22)/t12-,15-/m1/s1. The van der Waals surface area contributed by atoms with E-state index in [0.29, 0.717) is 37.8 Å². The SMILES string of the molecule is C[C@@H]1C[C@H]1C(=O)N1CCN(CC(=O)Nc2cccc(F)c2)CC1. The van der Waals surface area contributed by atoms with Gasteiger partial charge in [0.15, 0.2) is 0 Å². The van der Waals surface area contributed by atoms with Crippen LogP contribution in [0.25, 0.3) is 0 Å². The summed E-state index contributed by atoms with van der Waals surface area (Å²) in [5.74, 6) is 0.479. The molecule has 23 heavy (non-hydrogen) atoms. The summed E-state index contributed by atoms with van der Waals surface area (Å²) in [6, 6.07) is 5.86. The Bertz CT molecular complexity index is 599. The van der Waals surface area contributed by atoms with Gasteiger partial charge in [-0.3, -0.25) is 14.5 Å². The molecular formula is C17H22FN3O2. The topological polar surface area (TPSA) is 52.7 Å². The molecule has 3 rings (SSSR count). The predicted molar refractivity (Wildman–Crippen MR) is 85.3 cm³/mol. The molecule has 124 valence electrons. The number of benzene rings is 1. The molecule has 5 nitrogen and oxygen atoms in total. The van der Waals surface area contributed by atoms with Crippen molar-refractivity contribution >= 4 is 17.5 Å². The van der Waals surface area contributed by atoms with E-state index in [4.69, 9.17) is 0 Å². The number of piperazine rings is 1. The van der Waals surface area contributed by atoms with Crippen molar-refractivity contribution in [3.8, 4) is 0 Å². The highest BCUT2D eigenvalue weighted by molar-refractivity contribution is 5.92. The number of anilines is 1. The first kappa shape index (κ1) is 15.9. The average molecular weight is 319 g/mol. The largest absolute Gasteiger partial charge is 0.340 e. The number of rotatable bonds is 4. The molecule has 1 saturated carbocycles. The van der Waals surface area contributed by atoms with Crippen LogP contribution in [0.5, 0.6) is 0 Å². The van der Waals surface area contributed by atoms with E-state index in [1.165, 1.54) is 12.1 Å². The van der Waals surface area contributed by atoms with Gasteiger partial charge in [0, 0.05) is 37.8 Å². The second kappa shape index (κ2) is 6.66. The van der Waals surface area contributed by atoms with Crippen molar-refractivity contribution in [2.75, 3.05) is 38.0 Å². The molecule has 1 aliphatic carbocycles. The molecule has 0 bridgehead atoms. The van der Waals surface area contributed by atoms with E-state index < -0.39 is 0 Å². The summed E-state index contributed by atoms with van der Waals surface area (Å²) in [6.07, 6.45) is 1.01. The molecule has 2 amide bonds. The molecule has 1 aromatic rings. The lowest BCUT2D eigenvalue weighted by molar-refractivity contribution is -0.134. The summed E-state index contributed by atoms with van der Waals surface area (Å²) in [5, 5.41) is 2.70. The van der Waals surface area contributed by atoms with Gasteiger partial charge in [0.1, 0.15) is 5.82 Å². The lowest BCUT2D eigenvalue weighted by Crippen LogP contribution is -2.51. The number of hydrogen-bond donors (Lipinski definition) is 1. The molecule has 1 aromatic carbocycles. The fraction of sp³-hybridized carbons (Fsp3) is 0.529. The molecule has 0 radical (unpaired) electrons. The van der Waals surface area contributed by atoms with Crippen LogP contribution in [0.4, 0.5) is 10.1 Å². The van der Waals surface area contributed by atoms with Gasteiger partial charge in [-0.2, -0.15) is 0 Å². The van der Waals surface area contributed by atoms with Crippen LogP contribution >= 0.6 is 0 Å². The molecule has 0 spiro atoms. The molecule has 6 heteroatoms. The zero-order valence-corrected chi connectivity index (χ0v) is 13.3. The van der Waals surface area contributed by atoms with Crippen LogP contribution in [0.2, 0.25) is 0 Å². The van der Waals surface area contributed by atoms with Gasteiger partial charge >= 0.3 is 0 Å². The third-order valence-corrected chi connectivity index (χ3v) is 4.59. The van der Waals surface area contributed by atoms with Crippen LogP contribution in [-0.2, 0) is 9.59 Å². The highest BCUT2D eigenvalue weighted by atomic mass is 19.1. The fourth-order valence-corrected chi connectivity index (χ4v) is 3.00. The number of nitrogens with zero attached hydrogens (tertiary/aromatic N) is 2. The summed E-state index contributed by atoms with van der Waals surface area (Å²) >= 11 is 0. The highest BCUT2D eigenvalue weighted by Gasteiger charge is 2.41. The maximum atomic E-state index is 13.1. The van der Waals surface area contributed by atoms with Gasteiger partial charge in [0.05, 0.1) is 6.54 Å². The Kier molecular flexibility index (Phi) is 4.61. The molecule has 2 atom stereocenters. The highest BCUT2D eigenvalue weighted by Crippen LogP contribution is 2.39. The van der Waals surface area contributed by atoms with E-state index in [0.717, 1.165) is 6.42 Å². The molecule has 1 aliphatic heterocycles. The number of carbonyl (C=O) groups excluding carboxylic acids is 2. The van der Waals surface area contributed by atoms with Crippen molar-refractivity contribution in [3.05, 3.63) is 30.1 Å². The summed E-state index contributed by atoms with van der Waals surface area (Å²) in [6.45, 7) is 5.12. The number of carbonyl (C=O) groups is 2. The van der Waals surface area contributed by atoms with E-state index in [-0.39, 0.29) is 30.1 Å². The Labute approximate surface area is 135 Å². The number of hydrogen-bond acceptors (Lipinski definition) is 3. The Morgan fingerprint density at radius 2 is 1.96 bits per heavy atom. The second-order valence-electron chi connectivity index (χ2n) is 6.48. The maximum absolute atomic E-state index is 13.1. The molecule has 0 aromatic heterocycles. The molecule has 1 heterocycles. The first-order valence-electron chi connectivity index (χ1n) is 8.09. The van der Waals surface area contributed by atoms with Crippen LogP contribution in [0.1, 0.15) is 13.3 Å². The van der Waals surface area contributed by atoms with Crippen LogP contribution in [-0.4, -0.2) is 54.3 Å². The minimum Gasteiger partial charge on any atom is -0.340 e. The molecule has 0 unspecified atom stereocenters. The third kappa shape index (κ3) is 4.07. The van der Waals surface area contributed by atoms with E-state index in [9.17, 15) is 14.0 Å². The monoisotopic (exact) mass is 319 g/mol. The van der Waals surface area contributed by atoms with Crippen LogP contribution in [0.3, 0.4) is 0 Å². The van der Waals surface area contributed by atoms with Crippen molar-refractivity contribution in [3.63, 3.8) is 0 Å². The van der Waals surface area contributed by atoms with Gasteiger partial charge in [-0.25, -0.2) is 4.39 Å². The Morgan fingerprint density at radius 1 is 1.26 bits per heavy atom. The summed E-state index contributed by atoms with van der Waals surface area (Å²) in [4.78, 5) is 28.1. The average Bonchev–Trinajstić information content (AvgIpc) is 3.24. The maximum Gasteiger partial charge on any atom is 0.238 e. The fourth-order valence-electron chi connectivity index (χ4n) is 3.00. The van der Waals surface area contributed by atoms with Gasteiger partial charge < -0.3 is 10.2 Å². The van der Waals surface area contributed by atoms with E-state index in [1.54, 1.807) is 12.1 Å². The molecule has 2 fully saturated rings. The smallest absolute Gasteiger partial charge is 0.238 e. The Balaban J connectivity index is 1.43. The Hall–Kier alpha value is -1.95. The zero-order chi connectivity index (χ0) is 16.4. The lowest BCUT2D eigenvalue weighted by atomic mass is 10.2.